The summed E-state index contributed by atoms with van der Waals surface area (Å²) in [6.07, 6.45) is 8.04. The van der Waals surface area contributed by atoms with Gasteiger partial charge in [0.05, 0.1) is 5.52 Å². The van der Waals surface area contributed by atoms with E-state index in [1.165, 1.54) is 23.8 Å². The van der Waals surface area contributed by atoms with Crippen LogP contribution in [0.3, 0.4) is 0 Å². The molecule has 4 heteroatoms. The minimum absolute atomic E-state index is 0.348. The van der Waals surface area contributed by atoms with Crippen molar-refractivity contribution in [1.29, 1.82) is 0 Å². The summed E-state index contributed by atoms with van der Waals surface area (Å²) in [6.45, 7) is 4.00. The van der Waals surface area contributed by atoms with Crippen molar-refractivity contribution in [3.63, 3.8) is 0 Å². The number of carbonyl (C=O) groups excluding carboxylic acids is 1. The highest BCUT2D eigenvalue weighted by Crippen LogP contribution is 2.37. The predicted molar refractivity (Wildman–Crippen MR) is 106 cm³/mol. The Morgan fingerprint density at radius 2 is 2.15 bits per heavy atom. The van der Waals surface area contributed by atoms with Gasteiger partial charge in [0.15, 0.2) is 0 Å². The number of amides is 1. The van der Waals surface area contributed by atoms with Crippen LogP contribution in [0.2, 0.25) is 0 Å². The number of rotatable bonds is 4. The Morgan fingerprint density at radius 1 is 1.31 bits per heavy atom. The molecule has 2 fully saturated rings. The van der Waals surface area contributed by atoms with Crippen LogP contribution in [0.25, 0.3) is 10.9 Å². The van der Waals surface area contributed by atoms with E-state index in [2.05, 4.69) is 40.0 Å². The molecule has 0 radical (unpaired) electrons. The van der Waals surface area contributed by atoms with Gasteiger partial charge in [0.1, 0.15) is 0 Å². The third-order valence-corrected chi connectivity index (χ3v) is 5.72. The van der Waals surface area contributed by atoms with Crippen molar-refractivity contribution in [3.8, 4) is 0 Å². The van der Waals surface area contributed by atoms with E-state index in [1.54, 1.807) is 7.05 Å². The molecular weight excluding hydrogens is 322 g/mol. The van der Waals surface area contributed by atoms with E-state index in [4.69, 9.17) is 0 Å². The molecule has 0 spiro atoms. The molecule has 26 heavy (non-hydrogen) atoms. The van der Waals surface area contributed by atoms with Crippen LogP contribution in [0.4, 0.5) is 0 Å². The lowest BCUT2D eigenvalue weighted by Crippen LogP contribution is -2.42. The lowest BCUT2D eigenvalue weighted by Gasteiger charge is -2.37. The average molecular weight is 349 g/mol. The van der Waals surface area contributed by atoms with E-state index in [9.17, 15) is 4.79 Å². The van der Waals surface area contributed by atoms with Gasteiger partial charge >= 0.3 is 0 Å². The fourth-order valence-electron chi connectivity index (χ4n) is 4.29. The van der Waals surface area contributed by atoms with Gasteiger partial charge in [-0.25, -0.2) is 0 Å². The fourth-order valence-corrected chi connectivity index (χ4v) is 4.29. The summed E-state index contributed by atoms with van der Waals surface area (Å²) in [4.78, 5) is 23.5. The molecule has 1 aliphatic carbocycles. The number of hydrogen-bond acceptors (Lipinski definition) is 3. The molecule has 4 nitrogen and oxygen atoms in total. The van der Waals surface area contributed by atoms with Crippen molar-refractivity contribution in [2.24, 2.45) is 16.8 Å². The van der Waals surface area contributed by atoms with Crippen LogP contribution in [0, 0.1) is 11.8 Å². The molecule has 0 N–H and O–H groups in total. The summed E-state index contributed by atoms with van der Waals surface area (Å²) in [7, 11) is 1.79. The fraction of sp³-hybridized carbons (Fsp3) is 0.500. The van der Waals surface area contributed by atoms with Gasteiger partial charge in [-0.2, -0.15) is 0 Å². The Hall–Kier alpha value is -2.23. The predicted octanol–water partition coefficient (Wildman–Crippen LogP) is 4.04. The van der Waals surface area contributed by atoms with Crippen LogP contribution < -0.4 is 0 Å². The van der Waals surface area contributed by atoms with Crippen LogP contribution in [0.15, 0.2) is 35.5 Å². The first kappa shape index (κ1) is 17.2. The molecule has 2 atom stereocenters. The number of fused-ring (bicyclic) bond motifs is 1. The minimum Gasteiger partial charge on any atom is -0.342 e. The van der Waals surface area contributed by atoms with Crippen molar-refractivity contribution in [2.75, 3.05) is 20.1 Å². The molecule has 136 valence electrons. The molecule has 1 saturated heterocycles. The molecule has 1 amide bonds. The molecule has 2 aliphatic rings. The van der Waals surface area contributed by atoms with Gasteiger partial charge in [0.25, 0.3) is 0 Å². The molecule has 2 aromatic rings. The second-order valence-corrected chi connectivity index (χ2v) is 8.01. The average Bonchev–Trinajstić information content (AvgIpc) is 3.45. The minimum atomic E-state index is 0.348. The number of nitrogens with zero attached hydrogens (tertiary/aromatic N) is 3. The zero-order valence-electron chi connectivity index (χ0n) is 15.7. The van der Waals surface area contributed by atoms with Gasteiger partial charge in [-0.15, -0.1) is 0 Å². The highest BCUT2D eigenvalue weighted by Gasteiger charge is 2.32. The highest BCUT2D eigenvalue weighted by molar-refractivity contribution is 5.99. The maximum atomic E-state index is 12.7. The first-order valence-electron chi connectivity index (χ1n) is 9.73. The van der Waals surface area contributed by atoms with Crippen LogP contribution in [-0.4, -0.2) is 42.1 Å². The second kappa shape index (κ2) is 7.18. The van der Waals surface area contributed by atoms with Gasteiger partial charge in [-0.1, -0.05) is 25.1 Å². The van der Waals surface area contributed by atoms with Crippen molar-refractivity contribution >= 4 is 23.0 Å². The molecule has 4 rings (SSSR count). The summed E-state index contributed by atoms with van der Waals surface area (Å²) < 4.78 is 0. The number of piperidine rings is 1. The third-order valence-electron chi connectivity index (χ3n) is 5.72. The van der Waals surface area contributed by atoms with E-state index in [-0.39, 0.29) is 0 Å². The Balaban J connectivity index is 1.65. The number of likely N-dealkylation sites (tertiary alicyclic amines) is 1. The molecule has 1 aromatic carbocycles. The zero-order chi connectivity index (χ0) is 18.1. The van der Waals surface area contributed by atoms with Crippen molar-refractivity contribution in [3.05, 3.63) is 41.6 Å². The number of carbonyl (C=O) groups is 1. The van der Waals surface area contributed by atoms with Crippen LogP contribution in [0.5, 0.6) is 0 Å². The lowest BCUT2D eigenvalue weighted by molar-refractivity contribution is -0.133. The number of benzene rings is 1. The van der Waals surface area contributed by atoms with Crippen LogP contribution in [-0.2, 0) is 4.79 Å². The maximum absolute atomic E-state index is 12.7. The molecule has 1 aliphatic heterocycles. The quantitative estimate of drug-likeness (QED) is 0.782. The largest absolute Gasteiger partial charge is 0.342 e. The molecular formula is C22H27N3O. The Labute approximate surface area is 155 Å². The summed E-state index contributed by atoms with van der Waals surface area (Å²) in [5.41, 5.74) is 3.37. The Kier molecular flexibility index (Phi) is 4.75. The van der Waals surface area contributed by atoms with Gasteiger partial charge in [0, 0.05) is 55.8 Å². The Bertz CT molecular complexity index is 840. The number of pyridine rings is 1. The number of aromatic nitrogens is 1. The molecule has 1 aromatic heterocycles. The number of aliphatic imine (C=N–C) groups is 1. The lowest BCUT2D eigenvalue weighted by atomic mass is 9.83. The second-order valence-electron chi connectivity index (χ2n) is 8.01. The van der Waals surface area contributed by atoms with E-state index < -0.39 is 0 Å². The topological polar surface area (TPSA) is 45.6 Å². The van der Waals surface area contributed by atoms with E-state index in [0.717, 1.165) is 37.0 Å². The van der Waals surface area contributed by atoms with E-state index in [0.29, 0.717) is 23.7 Å². The summed E-state index contributed by atoms with van der Waals surface area (Å²) in [5.74, 6) is 1.90. The van der Waals surface area contributed by atoms with Gasteiger partial charge in [-0.3, -0.25) is 14.8 Å². The summed E-state index contributed by atoms with van der Waals surface area (Å²) in [6, 6.07) is 8.49. The van der Waals surface area contributed by atoms with Crippen LogP contribution >= 0.6 is 0 Å². The standard InChI is InChI=1S/C22H27N3O/c1-15-10-18(14-25(13-15)21(26)11-16-5-6-16)19-8-7-17(12-23-2)22-20(19)4-3-9-24-22/h3-4,7-9,12,15-16,18H,5-6,10-11,13-14H2,1-2H3. The summed E-state index contributed by atoms with van der Waals surface area (Å²) in [5, 5.41) is 1.19. The molecule has 2 unspecified atom stereocenters. The SMILES string of the molecule is CN=Cc1ccc(C2CC(C)CN(C(=O)CC3CC3)C2)c2cccnc12. The normalized spacial score (nSPS) is 23.7. The zero-order valence-corrected chi connectivity index (χ0v) is 15.7. The summed E-state index contributed by atoms with van der Waals surface area (Å²) >= 11 is 0. The van der Waals surface area contributed by atoms with Gasteiger partial charge < -0.3 is 4.90 Å². The van der Waals surface area contributed by atoms with E-state index in [1.807, 2.05) is 18.5 Å². The number of hydrogen-bond donors (Lipinski definition) is 0. The maximum Gasteiger partial charge on any atom is 0.222 e. The monoisotopic (exact) mass is 349 g/mol. The molecule has 0 bridgehead atoms. The first-order valence-corrected chi connectivity index (χ1v) is 9.73. The van der Waals surface area contributed by atoms with Gasteiger partial charge in [-0.05, 0) is 42.7 Å². The van der Waals surface area contributed by atoms with Crippen molar-refractivity contribution in [1.82, 2.24) is 9.88 Å². The molecule has 2 heterocycles. The first-order chi connectivity index (χ1) is 12.7. The van der Waals surface area contributed by atoms with Crippen molar-refractivity contribution < 1.29 is 4.79 Å². The van der Waals surface area contributed by atoms with Gasteiger partial charge in [0.2, 0.25) is 5.91 Å². The van der Waals surface area contributed by atoms with Crippen molar-refractivity contribution in [2.45, 2.75) is 38.5 Å². The van der Waals surface area contributed by atoms with Crippen LogP contribution in [0.1, 0.15) is 49.7 Å². The molecule has 1 saturated carbocycles. The Morgan fingerprint density at radius 3 is 2.92 bits per heavy atom. The third kappa shape index (κ3) is 3.50. The highest BCUT2D eigenvalue weighted by atomic mass is 16.2. The smallest absolute Gasteiger partial charge is 0.222 e. The van der Waals surface area contributed by atoms with E-state index >= 15 is 0 Å².